The van der Waals surface area contributed by atoms with Gasteiger partial charge in [-0.2, -0.15) is 0 Å². The van der Waals surface area contributed by atoms with Crippen LogP contribution in [0.5, 0.6) is 5.75 Å². The molecule has 2 aliphatic carbocycles. The van der Waals surface area contributed by atoms with E-state index in [9.17, 15) is 14.7 Å². The minimum atomic E-state index is -0.753. The van der Waals surface area contributed by atoms with E-state index in [1.807, 2.05) is 26.8 Å². The first-order chi connectivity index (χ1) is 15.8. The van der Waals surface area contributed by atoms with Crippen molar-refractivity contribution in [3.05, 3.63) is 55.5 Å². The smallest absolute Gasteiger partial charge is 0.330 e. The fraction of sp³-hybridized carbons (Fsp3) is 0.500. The summed E-state index contributed by atoms with van der Waals surface area (Å²) in [4.78, 5) is 37.0. The van der Waals surface area contributed by atoms with Crippen LogP contribution in [0.4, 0.5) is 0 Å². The molecule has 1 atom stereocenters. The summed E-state index contributed by atoms with van der Waals surface area (Å²) < 4.78 is 7.56. The van der Waals surface area contributed by atoms with Crippen molar-refractivity contribution in [2.45, 2.75) is 69.5 Å². The number of nitrogens with one attached hydrogen (secondary N) is 1. The lowest BCUT2D eigenvalue weighted by Crippen LogP contribution is -2.31. The first-order valence-electron chi connectivity index (χ1n) is 11.4. The number of hydrogen-bond acceptors (Lipinski definition) is 7. The lowest BCUT2D eigenvalue weighted by molar-refractivity contribution is 0.125. The van der Waals surface area contributed by atoms with Crippen LogP contribution in [0.15, 0.2) is 26.7 Å². The molecule has 2 saturated carbocycles. The van der Waals surface area contributed by atoms with Crippen molar-refractivity contribution in [1.29, 1.82) is 0 Å². The van der Waals surface area contributed by atoms with Gasteiger partial charge in [-0.3, -0.25) is 14.3 Å². The molecule has 0 amide bonds. The van der Waals surface area contributed by atoms with Crippen molar-refractivity contribution < 1.29 is 9.84 Å². The molecule has 3 aromatic rings. The molecule has 9 heteroatoms. The Labute approximate surface area is 195 Å². The van der Waals surface area contributed by atoms with Crippen molar-refractivity contribution in [3.63, 3.8) is 0 Å². The minimum absolute atomic E-state index is 0.0800. The molecule has 0 bridgehead atoms. The summed E-state index contributed by atoms with van der Waals surface area (Å²) in [5.74, 6) is 2.06. The third kappa shape index (κ3) is 4.44. The molecule has 2 N–H and O–H groups in total. The fourth-order valence-corrected chi connectivity index (χ4v) is 4.92. The second-order valence-electron chi connectivity index (χ2n) is 9.15. The van der Waals surface area contributed by atoms with Crippen molar-refractivity contribution in [1.82, 2.24) is 19.5 Å². The molecule has 174 valence electrons. The van der Waals surface area contributed by atoms with Gasteiger partial charge in [0.05, 0.1) is 6.10 Å². The van der Waals surface area contributed by atoms with Gasteiger partial charge in [-0.15, -0.1) is 11.8 Å². The van der Waals surface area contributed by atoms with Crippen LogP contribution in [0.3, 0.4) is 0 Å². The Balaban J connectivity index is 1.40. The maximum Gasteiger partial charge on any atom is 0.330 e. The van der Waals surface area contributed by atoms with Crippen LogP contribution in [0.2, 0.25) is 0 Å². The molecule has 5 rings (SSSR count). The Hall–Kier alpha value is -2.65. The SMILES string of the molecule is Cc1ccc(C)c(OC[C@H](O)CSc2nc(C3CC3)nc3c2c(=O)[nH]c(=O)n3C2CC2)c1C. The van der Waals surface area contributed by atoms with Gasteiger partial charge in [0, 0.05) is 17.7 Å². The largest absolute Gasteiger partial charge is 0.490 e. The Morgan fingerprint density at radius 3 is 2.58 bits per heavy atom. The average Bonchev–Trinajstić information content (AvgIpc) is 3.67. The molecular weight excluding hydrogens is 440 g/mol. The lowest BCUT2D eigenvalue weighted by atomic mass is 10.1. The lowest BCUT2D eigenvalue weighted by Gasteiger charge is -2.17. The number of fused-ring (bicyclic) bond motifs is 1. The van der Waals surface area contributed by atoms with E-state index >= 15 is 0 Å². The predicted octanol–water partition coefficient (Wildman–Crippen LogP) is 3.15. The number of aliphatic hydroxyl groups excluding tert-OH is 1. The number of ether oxygens (including phenoxy) is 1. The third-order valence-electron chi connectivity index (χ3n) is 6.33. The van der Waals surface area contributed by atoms with Crippen LogP contribution >= 0.6 is 11.8 Å². The molecule has 8 nitrogen and oxygen atoms in total. The van der Waals surface area contributed by atoms with Crippen molar-refractivity contribution in [3.8, 4) is 5.75 Å². The summed E-state index contributed by atoms with van der Waals surface area (Å²) in [5.41, 5.74) is 2.76. The van der Waals surface area contributed by atoms with Gasteiger partial charge >= 0.3 is 5.69 Å². The summed E-state index contributed by atoms with van der Waals surface area (Å²) in [6.45, 7) is 6.17. The number of hydrogen-bond donors (Lipinski definition) is 2. The molecule has 2 heterocycles. The molecular formula is C24H28N4O4S. The first kappa shape index (κ1) is 22.2. The summed E-state index contributed by atoms with van der Waals surface area (Å²) in [6.07, 6.45) is 3.08. The van der Waals surface area contributed by atoms with Crippen molar-refractivity contribution in [2.75, 3.05) is 12.4 Å². The van der Waals surface area contributed by atoms with Crippen molar-refractivity contribution in [2.24, 2.45) is 0 Å². The quantitative estimate of drug-likeness (QED) is 0.386. The zero-order chi connectivity index (χ0) is 23.3. The Kier molecular flexibility index (Phi) is 5.78. The van der Waals surface area contributed by atoms with E-state index in [1.165, 1.54) is 11.8 Å². The van der Waals surface area contributed by atoms with E-state index in [2.05, 4.69) is 21.0 Å². The normalized spacial score (nSPS) is 16.8. The number of thioether (sulfide) groups is 1. The Morgan fingerprint density at radius 2 is 1.88 bits per heavy atom. The Morgan fingerprint density at radius 1 is 1.15 bits per heavy atom. The summed E-state index contributed by atoms with van der Waals surface area (Å²) in [5, 5.41) is 11.5. The van der Waals surface area contributed by atoms with Crippen molar-refractivity contribution >= 4 is 22.8 Å². The number of aromatic amines is 1. The third-order valence-corrected chi connectivity index (χ3v) is 7.45. The van der Waals surface area contributed by atoms with Gasteiger partial charge in [0.25, 0.3) is 5.56 Å². The number of rotatable bonds is 8. The highest BCUT2D eigenvalue weighted by Crippen LogP contribution is 2.41. The van der Waals surface area contributed by atoms with E-state index in [4.69, 9.17) is 4.74 Å². The van der Waals surface area contributed by atoms with E-state index in [0.29, 0.717) is 27.6 Å². The summed E-state index contributed by atoms with van der Waals surface area (Å²) in [6, 6.07) is 4.15. The average molecular weight is 469 g/mol. The van der Waals surface area contributed by atoms with Crippen LogP contribution in [-0.2, 0) is 0 Å². The van der Waals surface area contributed by atoms with Crippen LogP contribution in [0.25, 0.3) is 11.0 Å². The molecule has 1 aromatic carbocycles. The maximum atomic E-state index is 12.7. The number of benzene rings is 1. The van der Waals surface area contributed by atoms with E-state index in [1.54, 1.807) is 4.57 Å². The van der Waals surface area contributed by atoms with Crippen LogP contribution < -0.4 is 16.0 Å². The number of aryl methyl sites for hydroxylation is 2. The number of aliphatic hydroxyl groups is 1. The number of H-pyrrole nitrogens is 1. The van der Waals surface area contributed by atoms with Crippen LogP contribution in [0.1, 0.15) is 60.2 Å². The van der Waals surface area contributed by atoms with Gasteiger partial charge in [-0.25, -0.2) is 14.8 Å². The second kappa shape index (κ2) is 8.61. The zero-order valence-electron chi connectivity index (χ0n) is 19.1. The second-order valence-corrected chi connectivity index (χ2v) is 10.2. The van der Waals surface area contributed by atoms with Crippen LogP contribution in [-0.4, -0.2) is 43.1 Å². The molecule has 33 heavy (non-hydrogen) atoms. The topological polar surface area (TPSA) is 110 Å². The molecule has 2 aromatic heterocycles. The van der Waals surface area contributed by atoms with Gasteiger partial charge in [0.15, 0.2) is 5.65 Å². The highest BCUT2D eigenvalue weighted by molar-refractivity contribution is 7.99. The highest BCUT2D eigenvalue weighted by atomic mass is 32.2. The van der Waals surface area contributed by atoms with Crippen LogP contribution in [0, 0.1) is 20.8 Å². The molecule has 0 radical (unpaired) electrons. The zero-order valence-corrected chi connectivity index (χ0v) is 19.9. The highest BCUT2D eigenvalue weighted by Gasteiger charge is 2.32. The van der Waals surface area contributed by atoms with Gasteiger partial charge < -0.3 is 9.84 Å². The van der Waals surface area contributed by atoms with E-state index < -0.39 is 17.4 Å². The molecule has 2 fully saturated rings. The van der Waals surface area contributed by atoms with E-state index in [0.717, 1.165) is 48.1 Å². The fourth-order valence-electron chi connectivity index (χ4n) is 3.98. The number of nitrogens with zero attached hydrogens (tertiary/aromatic N) is 3. The van der Waals surface area contributed by atoms with Gasteiger partial charge in [0.1, 0.15) is 28.6 Å². The molecule has 0 saturated heterocycles. The molecule has 2 aliphatic rings. The summed E-state index contributed by atoms with van der Waals surface area (Å²) >= 11 is 1.31. The first-order valence-corrected chi connectivity index (χ1v) is 12.4. The van der Waals surface area contributed by atoms with Gasteiger partial charge in [-0.1, -0.05) is 12.1 Å². The molecule has 0 spiro atoms. The monoisotopic (exact) mass is 468 g/mol. The molecule has 0 aliphatic heterocycles. The summed E-state index contributed by atoms with van der Waals surface area (Å²) in [7, 11) is 0. The Bertz CT molecular complexity index is 1340. The van der Waals surface area contributed by atoms with Gasteiger partial charge in [-0.05, 0) is 63.1 Å². The number of aromatic nitrogens is 4. The molecule has 0 unspecified atom stereocenters. The predicted molar refractivity (Wildman–Crippen MR) is 128 cm³/mol. The van der Waals surface area contributed by atoms with Gasteiger partial charge in [0.2, 0.25) is 0 Å². The maximum absolute atomic E-state index is 12.7. The van der Waals surface area contributed by atoms with E-state index in [-0.39, 0.29) is 18.6 Å². The minimum Gasteiger partial charge on any atom is -0.490 e. The standard InChI is InChI=1S/C24H28N4O4S/c1-12-4-5-13(2)19(14(12)3)32-10-17(29)11-33-23-18-21(25-20(26-23)15-6-7-15)28(16-8-9-16)24(31)27-22(18)30/h4-5,15-17,29H,6-11H2,1-3H3,(H,27,30,31)/t17-/m0/s1.